The number of rotatable bonds is 11. The van der Waals surface area contributed by atoms with Crippen LogP contribution in [-0.4, -0.2) is 46.1 Å². The van der Waals surface area contributed by atoms with Crippen molar-refractivity contribution in [2.75, 3.05) is 13.7 Å². The molecule has 5 atom stereocenters. The van der Waals surface area contributed by atoms with Gasteiger partial charge in [-0.2, -0.15) is 0 Å². The normalized spacial score (nSPS) is 23.2. The lowest BCUT2D eigenvalue weighted by molar-refractivity contribution is -0.190. The molecule has 0 saturated carbocycles. The second-order valence-corrected chi connectivity index (χ2v) is 16.7. The number of ketones is 1. The molecule has 1 saturated heterocycles. The molecule has 0 N–H and O–H groups in total. The van der Waals surface area contributed by atoms with Crippen molar-refractivity contribution < 1.29 is 23.4 Å². The van der Waals surface area contributed by atoms with E-state index in [-0.39, 0.29) is 34.9 Å². The van der Waals surface area contributed by atoms with E-state index in [1.807, 2.05) is 24.3 Å². The van der Waals surface area contributed by atoms with Crippen molar-refractivity contribution in [2.24, 2.45) is 11.8 Å². The molecule has 5 nitrogen and oxygen atoms in total. The Hall–Kier alpha value is -2.77. The van der Waals surface area contributed by atoms with Crippen LogP contribution in [0.5, 0.6) is 5.75 Å². The van der Waals surface area contributed by atoms with Crippen LogP contribution in [0, 0.1) is 11.8 Å². The number of hydrogen-bond donors (Lipinski definition) is 0. The van der Waals surface area contributed by atoms with Crippen molar-refractivity contribution in [2.45, 2.75) is 77.9 Å². The highest BCUT2D eigenvalue weighted by atomic mass is 28.4. The van der Waals surface area contributed by atoms with Crippen molar-refractivity contribution in [3.63, 3.8) is 0 Å². The number of carbonyl (C=O) groups is 1. The van der Waals surface area contributed by atoms with Gasteiger partial charge in [-0.05, 0) is 46.5 Å². The molecule has 1 heterocycles. The highest BCUT2D eigenvalue weighted by Crippen LogP contribution is 2.38. The molecule has 41 heavy (non-hydrogen) atoms. The Bertz CT molecular complexity index is 1200. The summed E-state index contributed by atoms with van der Waals surface area (Å²) in [5.74, 6) is 0.913. The highest BCUT2D eigenvalue weighted by Gasteiger charge is 2.50. The van der Waals surface area contributed by atoms with Crippen LogP contribution in [0.3, 0.4) is 0 Å². The molecule has 6 heteroatoms. The Morgan fingerprint density at radius 1 is 0.854 bits per heavy atom. The third-order valence-electron chi connectivity index (χ3n) is 8.56. The van der Waals surface area contributed by atoms with Gasteiger partial charge in [-0.3, -0.25) is 4.79 Å². The largest absolute Gasteiger partial charge is 0.497 e. The number of hydrogen-bond acceptors (Lipinski definition) is 5. The van der Waals surface area contributed by atoms with Crippen LogP contribution in [-0.2, 0) is 25.3 Å². The molecule has 220 valence electrons. The van der Waals surface area contributed by atoms with Gasteiger partial charge >= 0.3 is 0 Å². The number of ether oxygens (including phenoxy) is 3. The Morgan fingerprint density at radius 2 is 1.41 bits per heavy atom. The number of Topliss-reactive ketones (excluding diaryl/α,β-unsaturated/α-hetero) is 1. The van der Waals surface area contributed by atoms with Gasteiger partial charge in [0.15, 0.2) is 5.78 Å². The molecular formula is C35H46O5Si. The van der Waals surface area contributed by atoms with Crippen LogP contribution < -0.4 is 15.1 Å². The monoisotopic (exact) mass is 574 g/mol. The fourth-order valence-electron chi connectivity index (χ4n) is 6.40. The first-order chi connectivity index (χ1) is 19.6. The SMILES string of the molecule is COc1ccc(CO[C@H]2[C@@H](C)[C@@H](CCO[Si](c3ccccc3)(c3ccccc3)C(C)(C)C)O[C@@H](C(C)=O)[C@@H]2C)cc1. The van der Waals surface area contributed by atoms with Crippen LogP contribution >= 0.6 is 0 Å². The predicted molar refractivity (Wildman–Crippen MR) is 167 cm³/mol. The molecule has 0 radical (unpaired) electrons. The average Bonchev–Trinajstić information content (AvgIpc) is 2.96. The minimum atomic E-state index is -2.66. The number of carbonyl (C=O) groups excluding carboxylic acids is 1. The summed E-state index contributed by atoms with van der Waals surface area (Å²) in [5.41, 5.74) is 1.07. The number of benzene rings is 3. The maximum absolute atomic E-state index is 12.7. The van der Waals surface area contributed by atoms with Crippen molar-refractivity contribution in [1.82, 2.24) is 0 Å². The van der Waals surface area contributed by atoms with Gasteiger partial charge in [-0.25, -0.2) is 0 Å². The molecule has 1 aliphatic heterocycles. The van der Waals surface area contributed by atoms with Gasteiger partial charge in [-0.1, -0.05) is 107 Å². The standard InChI is InChI=1S/C35H46O5Si/c1-25-32(40-34(27(3)36)26(2)33(25)38-24-28-18-20-29(37-7)21-19-28)22-23-39-41(35(4,5)6,30-14-10-8-11-15-30)31-16-12-9-13-17-31/h8-21,25-26,32-34H,22-24H2,1-7H3/t25-,26+,32+,33-,34+/m0/s1. The van der Waals surface area contributed by atoms with Crippen LogP contribution in [0.15, 0.2) is 84.9 Å². The van der Waals surface area contributed by atoms with Crippen LogP contribution in [0.4, 0.5) is 0 Å². The first-order valence-corrected chi connectivity index (χ1v) is 16.6. The second-order valence-electron chi connectivity index (χ2n) is 12.3. The van der Waals surface area contributed by atoms with E-state index in [4.69, 9.17) is 18.6 Å². The van der Waals surface area contributed by atoms with E-state index in [0.29, 0.717) is 19.6 Å². The molecule has 0 unspecified atom stereocenters. The van der Waals surface area contributed by atoms with Crippen LogP contribution in [0.25, 0.3) is 0 Å². The zero-order chi connectivity index (χ0) is 29.6. The lowest BCUT2D eigenvalue weighted by atomic mass is 9.80. The van der Waals surface area contributed by atoms with Gasteiger partial charge in [0.1, 0.15) is 11.9 Å². The topological polar surface area (TPSA) is 54.0 Å². The minimum Gasteiger partial charge on any atom is -0.497 e. The summed E-state index contributed by atoms with van der Waals surface area (Å²) >= 11 is 0. The van der Waals surface area contributed by atoms with Gasteiger partial charge in [-0.15, -0.1) is 0 Å². The zero-order valence-electron chi connectivity index (χ0n) is 25.6. The average molecular weight is 575 g/mol. The summed E-state index contributed by atoms with van der Waals surface area (Å²) < 4.78 is 25.4. The summed E-state index contributed by atoms with van der Waals surface area (Å²) in [4.78, 5) is 12.7. The van der Waals surface area contributed by atoms with Gasteiger partial charge in [0.2, 0.25) is 0 Å². The Balaban J connectivity index is 1.55. The first kappa shape index (κ1) is 31.2. The summed E-state index contributed by atoms with van der Waals surface area (Å²) in [7, 11) is -0.993. The van der Waals surface area contributed by atoms with E-state index >= 15 is 0 Å². The lowest BCUT2D eigenvalue weighted by Crippen LogP contribution is -2.66. The molecule has 0 aliphatic carbocycles. The van der Waals surface area contributed by atoms with Gasteiger partial charge < -0.3 is 18.6 Å². The molecule has 0 spiro atoms. The highest BCUT2D eigenvalue weighted by molar-refractivity contribution is 6.99. The summed E-state index contributed by atoms with van der Waals surface area (Å²) in [6.07, 6.45) is -0.0772. The van der Waals surface area contributed by atoms with E-state index in [0.717, 1.165) is 11.3 Å². The van der Waals surface area contributed by atoms with E-state index in [1.54, 1.807) is 14.0 Å². The fourth-order valence-corrected chi connectivity index (χ4v) is 11.0. The van der Waals surface area contributed by atoms with E-state index < -0.39 is 14.4 Å². The Labute approximate surface area is 247 Å². The minimum absolute atomic E-state index is 0.0420. The zero-order valence-corrected chi connectivity index (χ0v) is 26.6. The van der Waals surface area contributed by atoms with Crippen molar-refractivity contribution in [3.8, 4) is 5.75 Å². The number of methoxy groups -OCH3 is 1. The third kappa shape index (κ3) is 6.83. The molecule has 0 aromatic heterocycles. The molecule has 1 aliphatic rings. The molecular weight excluding hydrogens is 528 g/mol. The van der Waals surface area contributed by atoms with E-state index in [9.17, 15) is 4.79 Å². The van der Waals surface area contributed by atoms with Gasteiger partial charge in [0.05, 0.1) is 25.9 Å². The quantitative estimate of drug-likeness (QED) is 0.256. The summed E-state index contributed by atoms with van der Waals surface area (Å²) in [6, 6.07) is 29.3. The first-order valence-electron chi connectivity index (χ1n) is 14.7. The maximum atomic E-state index is 12.7. The predicted octanol–water partition coefficient (Wildman–Crippen LogP) is 6.18. The second kappa shape index (κ2) is 13.5. The lowest BCUT2D eigenvalue weighted by Gasteiger charge is -2.45. The fraction of sp³-hybridized carbons (Fsp3) is 0.457. The van der Waals surface area contributed by atoms with E-state index in [1.165, 1.54) is 10.4 Å². The molecule has 3 aromatic carbocycles. The van der Waals surface area contributed by atoms with Crippen molar-refractivity contribution >= 4 is 24.5 Å². The van der Waals surface area contributed by atoms with Gasteiger partial charge in [0.25, 0.3) is 8.32 Å². The van der Waals surface area contributed by atoms with Crippen molar-refractivity contribution in [1.29, 1.82) is 0 Å². The Kier molecular flexibility index (Phi) is 10.2. The molecule has 0 bridgehead atoms. The molecule has 1 fully saturated rings. The summed E-state index contributed by atoms with van der Waals surface area (Å²) in [5, 5.41) is 2.41. The van der Waals surface area contributed by atoms with Crippen molar-refractivity contribution in [3.05, 3.63) is 90.5 Å². The molecule has 0 amide bonds. The third-order valence-corrected chi connectivity index (χ3v) is 13.6. The maximum Gasteiger partial charge on any atom is 0.261 e. The molecule has 3 aromatic rings. The smallest absolute Gasteiger partial charge is 0.261 e. The molecule has 4 rings (SSSR count). The van der Waals surface area contributed by atoms with E-state index in [2.05, 4.69) is 95.3 Å². The summed E-state index contributed by atoms with van der Waals surface area (Å²) in [6.45, 7) is 13.7. The Morgan fingerprint density at radius 3 is 1.90 bits per heavy atom. The van der Waals surface area contributed by atoms with Gasteiger partial charge in [0, 0.05) is 18.4 Å². The van der Waals surface area contributed by atoms with Crippen LogP contribution in [0.2, 0.25) is 5.04 Å². The van der Waals surface area contributed by atoms with Crippen LogP contribution in [0.1, 0.15) is 53.5 Å².